The van der Waals surface area contributed by atoms with Crippen LogP contribution in [-0.2, 0) is 11.3 Å². The molecule has 1 aliphatic rings. The van der Waals surface area contributed by atoms with Gasteiger partial charge >= 0.3 is 0 Å². The van der Waals surface area contributed by atoms with Gasteiger partial charge in [-0.25, -0.2) is 0 Å². The molecular formula is C17H22O. The quantitative estimate of drug-likeness (QED) is 0.706. The summed E-state index contributed by atoms with van der Waals surface area (Å²) in [5, 5.41) is 0. The highest BCUT2D eigenvalue weighted by Gasteiger charge is 2.31. The van der Waals surface area contributed by atoms with Gasteiger partial charge in [-0.1, -0.05) is 61.6 Å². The first kappa shape index (κ1) is 13.1. The summed E-state index contributed by atoms with van der Waals surface area (Å²) >= 11 is 0. The Morgan fingerprint density at radius 1 is 1.33 bits per heavy atom. The highest BCUT2D eigenvalue weighted by molar-refractivity contribution is 5.17. The number of hydrogen-bond donors (Lipinski definition) is 0. The van der Waals surface area contributed by atoms with E-state index < -0.39 is 0 Å². The van der Waals surface area contributed by atoms with Crippen LogP contribution in [0.2, 0.25) is 0 Å². The molecule has 0 N–H and O–H groups in total. The van der Waals surface area contributed by atoms with E-state index in [0.717, 1.165) is 12.8 Å². The molecule has 0 aliphatic heterocycles. The molecule has 1 aromatic rings. The van der Waals surface area contributed by atoms with Crippen molar-refractivity contribution in [3.63, 3.8) is 0 Å². The summed E-state index contributed by atoms with van der Waals surface area (Å²) in [6.45, 7) is 5.02. The van der Waals surface area contributed by atoms with Gasteiger partial charge in [-0.15, -0.1) is 0 Å². The Morgan fingerprint density at radius 3 is 2.83 bits per heavy atom. The van der Waals surface area contributed by atoms with E-state index in [9.17, 15) is 0 Å². The third-order valence-electron chi connectivity index (χ3n) is 3.59. The molecule has 1 nitrogen and oxygen atoms in total. The summed E-state index contributed by atoms with van der Waals surface area (Å²) in [4.78, 5) is 0. The van der Waals surface area contributed by atoms with Gasteiger partial charge in [0, 0.05) is 5.41 Å². The van der Waals surface area contributed by atoms with Gasteiger partial charge in [-0.05, 0) is 25.3 Å². The summed E-state index contributed by atoms with van der Waals surface area (Å²) in [6, 6.07) is 10.4. The van der Waals surface area contributed by atoms with Crippen molar-refractivity contribution in [2.75, 3.05) is 0 Å². The van der Waals surface area contributed by atoms with Crippen LogP contribution in [0.25, 0.3) is 0 Å². The Labute approximate surface area is 110 Å². The number of hydrogen-bond acceptors (Lipinski definition) is 1. The molecule has 1 aliphatic carbocycles. The Morgan fingerprint density at radius 2 is 2.11 bits per heavy atom. The Kier molecular flexibility index (Phi) is 4.38. The van der Waals surface area contributed by atoms with Gasteiger partial charge < -0.3 is 4.74 Å². The number of allylic oxidation sites excluding steroid dienone is 2. The minimum atomic E-state index is 0.0434. The van der Waals surface area contributed by atoms with E-state index in [1.807, 2.05) is 6.07 Å². The topological polar surface area (TPSA) is 9.23 Å². The van der Waals surface area contributed by atoms with Crippen molar-refractivity contribution in [3.05, 3.63) is 60.2 Å². The molecule has 0 saturated carbocycles. The van der Waals surface area contributed by atoms with Crippen molar-refractivity contribution in [2.24, 2.45) is 5.41 Å². The molecule has 0 heterocycles. The average molecular weight is 242 g/mol. The Bertz CT molecular complexity index is 418. The van der Waals surface area contributed by atoms with Gasteiger partial charge in [0.25, 0.3) is 0 Å². The third-order valence-corrected chi connectivity index (χ3v) is 3.59. The van der Waals surface area contributed by atoms with Crippen LogP contribution in [0.4, 0.5) is 0 Å². The van der Waals surface area contributed by atoms with Crippen LogP contribution in [0.5, 0.6) is 0 Å². The molecule has 0 amide bonds. The highest BCUT2D eigenvalue weighted by atomic mass is 16.5. The summed E-state index contributed by atoms with van der Waals surface area (Å²) in [6.07, 6.45) is 11.4. The smallest absolute Gasteiger partial charge is 0.0721 e. The van der Waals surface area contributed by atoms with Crippen molar-refractivity contribution in [2.45, 2.75) is 39.4 Å². The number of rotatable bonds is 4. The van der Waals surface area contributed by atoms with E-state index in [1.54, 1.807) is 0 Å². The SMILES string of the molecule is C/C=C/[C@@]1(C)C=CCC[C@@H]1OCc1ccccc1. The van der Waals surface area contributed by atoms with E-state index in [1.165, 1.54) is 5.56 Å². The number of ether oxygens (including phenoxy) is 1. The second-order valence-corrected chi connectivity index (χ2v) is 5.13. The molecule has 0 bridgehead atoms. The van der Waals surface area contributed by atoms with Gasteiger partial charge in [0.1, 0.15) is 0 Å². The first-order valence-electron chi connectivity index (χ1n) is 6.72. The second kappa shape index (κ2) is 6.01. The molecule has 0 fully saturated rings. The summed E-state index contributed by atoms with van der Waals surface area (Å²) in [5.74, 6) is 0. The molecule has 0 radical (unpaired) electrons. The molecule has 0 unspecified atom stereocenters. The van der Waals surface area contributed by atoms with Crippen molar-refractivity contribution < 1.29 is 4.74 Å². The summed E-state index contributed by atoms with van der Waals surface area (Å²) in [7, 11) is 0. The van der Waals surface area contributed by atoms with Crippen LogP contribution >= 0.6 is 0 Å². The molecule has 1 aromatic carbocycles. The zero-order valence-corrected chi connectivity index (χ0v) is 11.3. The van der Waals surface area contributed by atoms with Crippen molar-refractivity contribution in [1.82, 2.24) is 0 Å². The lowest BCUT2D eigenvalue weighted by molar-refractivity contribution is -0.0143. The van der Waals surface area contributed by atoms with Crippen LogP contribution < -0.4 is 0 Å². The lowest BCUT2D eigenvalue weighted by Gasteiger charge is -2.35. The minimum absolute atomic E-state index is 0.0434. The van der Waals surface area contributed by atoms with Gasteiger partial charge in [0.2, 0.25) is 0 Å². The molecule has 2 rings (SSSR count). The summed E-state index contributed by atoms with van der Waals surface area (Å²) < 4.78 is 6.13. The fourth-order valence-corrected chi connectivity index (χ4v) is 2.56. The van der Waals surface area contributed by atoms with Crippen LogP contribution in [-0.4, -0.2) is 6.10 Å². The zero-order chi connectivity index (χ0) is 12.8. The predicted molar refractivity (Wildman–Crippen MR) is 76.3 cm³/mol. The predicted octanol–water partition coefficient (Wildman–Crippen LogP) is 4.50. The van der Waals surface area contributed by atoms with Crippen LogP contribution in [0, 0.1) is 5.41 Å². The molecule has 96 valence electrons. The highest BCUT2D eigenvalue weighted by Crippen LogP contribution is 2.35. The molecular weight excluding hydrogens is 220 g/mol. The third kappa shape index (κ3) is 3.11. The standard InChI is InChI=1S/C17H22O/c1-3-12-17(2)13-8-7-11-16(17)18-14-15-9-5-4-6-10-15/h3-6,8-10,12-13,16H,7,11,14H2,1-2H3/b12-3+/t16-,17-/m0/s1. The van der Waals surface area contributed by atoms with Gasteiger partial charge in [-0.3, -0.25) is 0 Å². The normalized spacial score (nSPS) is 27.8. The van der Waals surface area contributed by atoms with E-state index in [4.69, 9.17) is 4.74 Å². The molecule has 1 heteroatoms. The maximum Gasteiger partial charge on any atom is 0.0721 e. The fraction of sp³-hybridized carbons (Fsp3) is 0.412. The van der Waals surface area contributed by atoms with Gasteiger partial charge in [0.15, 0.2) is 0 Å². The lowest BCUT2D eigenvalue weighted by atomic mass is 9.78. The monoisotopic (exact) mass is 242 g/mol. The van der Waals surface area contributed by atoms with Crippen molar-refractivity contribution in [3.8, 4) is 0 Å². The van der Waals surface area contributed by atoms with Crippen molar-refractivity contribution >= 4 is 0 Å². The Hall–Kier alpha value is -1.34. The summed E-state index contributed by atoms with van der Waals surface area (Å²) in [5.41, 5.74) is 1.29. The zero-order valence-electron chi connectivity index (χ0n) is 11.3. The fourth-order valence-electron chi connectivity index (χ4n) is 2.56. The van der Waals surface area contributed by atoms with Crippen molar-refractivity contribution in [1.29, 1.82) is 0 Å². The Balaban J connectivity index is 2.01. The second-order valence-electron chi connectivity index (χ2n) is 5.13. The largest absolute Gasteiger partial charge is 0.372 e. The van der Waals surface area contributed by atoms with Gasteiger partial charge in [-0.2, -0.15) is 0 Å². The molecule has 2 atom stereocenters. The van der Waals surface area contributed by atoms with Gasteiger partial charge in [0.05, 0.1) is 12.7 Å². The first-order chi connectivity index (χ1) is 8.74. The van der Waals surface area contributed by atoms with Crippen LogP contribution in [0.3, 0.4) is 0 Å². The lowest BCUT2D eigenvalue weighted by Crippen LogP contribution is -2.33. The van der Waals surface area contributed by atoms with E-state index in [-0.39, 0.29) is 11.5 Å². The molecule has 0 aromatic heterocycles. The van der Waals surface area contributed by atoms with Crippen LogP contribution in [0.1, 0.15) is 32.3 Å². The van der Waals surface area contributed by atoms with E-state index in [2.05, 4.69) is 62.4 Å². The molecule has 0 spiro atoms. The maximum atomic E-state index is 6.13. The van der Waals surface area contributed by atoms with E-state index in [0.29, 0.717) is 6.61 Å². The van der Waals surface area contributed by atoms with Crippen LogP contribution in [0.15, 0.2) is 54.6 Å². The minimum Gasteiger partial charge on any atom is -0.372 e. The number of benzene rings is 1. The molecule has 0 saturated heterocycles. The maximum absolute atomic E-state index is 6.13. The average Bonchev–Trinajstić information content (AvgIpc) is 2.39. The molecule has 18 heavy (non-hydrogen) atoms. The van der Waals surface area contributed by atoms with E-state index >= 15 is 0 Å². The first-order valence-corrected chi connectivity index (χ1v) is 6.72.